The predicted molar refractivity (Wildman–Crippen MR) is 87.0 cm³/mol. The second-order valence-corrected chi connectivity index (χ2v) is 5.51. The molecule has 110 valence electrons. The number of H-pyrrole nitrogens is 1. The fourth-order valence-electron chi connectivity index (χ4n) is 1.85. The number of benzene rings is 1. The molecule has 2 rings (SSSR count). The van der Waals surface area contributed by atoms with Crippen molar-refractivity contribution in [1.29, 1.82) is 0 Å². The number of ketones is 1. The van der Waals surface area contributed by atoms with E-state index in [2.05, 4.69) is 16.9 Å². The molecular weight excluding hydrogens is 307 g/mol. The summed E-state index contributed by atoms with van der Waals surface area (Å²) in [5, 5.41) is 1.06. The van der Waals surface area contributed by atoms with Crippen LogP contribution in [0.1, 0.15) is 41.6 Å². The summed E-state index contributed by atoms with van der Waals surface area (Å²) >= 11 is 11.9. The molecule has 21 heavy (non-hydrogen) atoms. The third kappa shape index (κ3) is 4.45. The van der Waals surface area contributed by atoms with Crippen LogP contribution in [0.5, 0.6) is 0 Å². The number of carbonyl (C=O) groups is 1. The smallest absolute Gasteiger partial charge is 0.185 e. The molecule has 0 fully saturated rings. The molecule has 2 aromatic rings. The van der Waals surface area contributed by atoms with E-state index in [0.29, 0.717) is 21.4 Å². The minimum Gasteiger partial charge on any atom is -0.333 e. The fourth-order valence-corrected chi connectivity index (χ4v) is 2.19. The van der Waals surface area contributed by atoms with Crippen molar-refractivity contribution < 1.29 is 4.79 Å². The highest BCUT2D eigenvalue weighted by Gasteiger charge is 2.07. The number of nitrogens with zero attached hydrogens (tertiary/aromatic N) is 1. The highest BCUT2D eigenvalue weighted by molar-refractivity contribution is 6.31. The van der Waals surface area contributed by atoms with Crippen LogP contribution >= 0.6 is 23.2 Å². The van der Waals surface area contributed by atoms with Gasteiger partial charge in [0.15, 0.2) is 5.78 Å². The molecule has 0 atom stereocenters. The molecule has 1 aromatic carbocycles. The molecule has 0 aliphatic heterocycles. The summed E-state index contributed by atoms with van der Waals surface area (Å²) in [5.41, 5.74) is 1.17. The third-order valence-corrected chi connectivity index (χ3v) is 3.56. The number of hydrogen-bond acceptors (Lipinski definition) is 2. The van der Waals surface area contributed by atoms with E-state index in [1.807, 2.05) is 0 Å². The molecule has 1 aromatic heterocycles. The number of allylic oxidation sites excluding steroid dienone is 1. The van der Waals surface area contributed by atoms with E-state index in [4.69, 9.17) is 23.2 Å². The quantitative estimate of drug-likeness (QED) is 0.603. The van der Waals surface area contributed by atoms with Gasteiger partial charge in [0.25, 0.3) is 0 Å². The Morgan fingerprint density at radius 3 is 2.67 bits per heavy atom. The first kappa shape index (κ1) is 15.8. The Hall–Kier alpha value is -1.58. The third-order valence-electron chi connectivity index (χ3n) is 3.02. The zero-order valence-electron chi connectivity index (χ0n) is 11.7. The van der Waals surface area contributed by atoms with Crippen molar-refractivity contribution in [2.24, 2.45) is 0 Å². The molecule has 1 N–H and O–H groups in total. The monoisotopic (exact) mass is 322 g/mol. The van der Waals surface area contributed by atoms with Gasteiger partial charge in [0, 0.05) is 17.0 Å². The summed E-state index contributed by atoms with van der Waals surface area (Å²) in [6.45, 7) is 2.12. The van der Waals surface area contributed by atoms with Crippen LogP contribution in [-0.2, 0) is 6.42 Å². The first-order valence-corrected chi connectivity index (χ1v) is 7.58. The van der Waals surface area contributed by atoms with Gasteiger partial charge in [-0.05, 0) is 42.8 Å². The number of nitrogens with one attached hydrogen (secondary N) is 1. The molecule has 0 unspecified atom stereocenters. The maximum atomic E-state index is 12.0. The molecule has 5 heteroatoms. The van der Waals surface area contributed by atoms with Gasteiger partial charge in [-0.1, -0.05) is 36.5 Å². The lowest BCUT2D eigenvalue weighted by atomic mass is 10.1. The second kappa shape index (κ2) is 7.43. The van der Waals surface area contributed by atoms with Crippen LogP contribution in [0.25, 0.3) is 6.08 Å². The van der Waals surface area contributed by atoms with Crippen molar-refractivity contribution >= 4 is 35.1 Å². The van der Waals surface area contributed by atoms with Crippen LogP contribution in [0.15, 0.2) is 30.3 Å². The van der Waals surface area contributed by atoms with Gasteiger partial charge in [0.05, 0.1) is 0 Å². The average molecular weight is 323 g/mol. The molecule has 0 aliphatic carbocycles. The van der Waals surface area contributed by atoms with E-state index in [0.717, 1.165) is 25.1 Å². The average Bonchev–Trinajstić information content (AvgIpc) is 2.83. The molecule has 0 bridgehead atoms. The lowest BCUT2D eigenvalue weighted by Gasteiger charge is -1.95. The SMILES string of the molecule is CCCCc1nc(/C=C/C(=O)c2ccc(Cl)cc2)c(Cl)[nH]1. The number of rotatable bonds is 6. The topological polar surface area (TPSA) is 45.8 Å². The number of aromatic nitrogens is 2. The minimum atomic E-state index is -0.110. The molecule has 0 radical (unpaired) electrons. The predicted octanol–water partition coefficient (Wildman–Crippen LogP) is 4.96. The van der Waals surface area contributed by atoms with Crippen molar-refractivity contribution in [3.05, 3.63) is 57.6 Å². The van der Waals surface area contributed by atoms with E-state index in [1.54, 1.807) is 30.3 Å². The van der Waals surface area contributed by atoms with Crippen molar-refractivity contribution in [1.82, 2.24) is 9.97 Å². The molecule has 3 nitrogen and oxygen atoms in total. The Morgan fingerprint density at radius 1 is 1.29 bits per heavy atom. The van der Waals surface area contributed by atoms with Crippen molar-refractivity contribution in [2.45, 2.75) is 26.2 Å². The van der Waals surface area contributed by atoms with Gasteiger partial charge in [-0.15, -0.1) is 0 Å². The summed E-state index contributed by atoms with van der Waals surface area (Å²) in [4.78, 5) is 19.4. The van der Waals surface area contributed by atoms with Crippen molar-refractivity contribution in [3.8, 4) is 0 Å². The van der Waals surface area contributed by atoms with Gasteiger partial charge in [0.1, 0.15) is 16.7 Å². The summed E-state index contributed by atoms with van der Waals surface area (Å²) in [6.07, 6.45) is 6.10. The summed E-state index contributed by atoms with van der Waals surface area (Å²) in [7, 11) is 0. The van der Waals surface area contributed by atoms with Gasteiger partial charge in [-0.2, -0.15) is 0 Å². The Balaban J connectivity index is 2.08. The van der Waals surface area contributed by atoms with Crippen LogP contribution in [0.2, 0.25) is 10.2 Å². The lowest BCUT2D eigenvalue weighted by Crippen LogP contribution is -1.93. The van der Waals surface area contributed by atoms with E-state index in [1.165, 1.54) is 6.08 Å². The Kier molecular flexibility index (Phi) is 5.59. The van der Waals surface area contributed by atoms with E-state index < -0.39 is 0 Å². The van der Waals surface area contributed by atoms with Gasteiger partial charge in [-0.25, -0.2) is 4.98 Å². The number of carbonyl (C=O) groups excluding carboxylic acids is 1. The largest absolute Gasteiger partial charge is 0.333 e. The van der Waals surface area contributed by atoms with Gasteiger partial charge >= 0.3 is 0 Å². The van der Waals surface area contributed by atoms with Crippen LogP contribution in [0.3, 0.4) is 0 Å². The summed E-state index contributed by atoms with van der Waals surface area (Å²) < 4.78 is 0. The van der Waals surface area contributed by atoms with Crippen LogP contribution < -0.4 is 0 Å². The fraction of sp³-hybridized carbons (Fsp3) is 0.250. The Morgan fingerprint density at radius 2 is 2.00 bits per heavy atom. The maximum absolute atomic E-state index is 12.0. The molecule has 0 saturated heterocycles. The number of aryl methyl sites for hydroxylation is 1. The van der Waals surface area contributed by atoms with Crippen LogP contribution in [0.4, 0.5) is 0 Å². The van der Waals surface area contributed by atoms with Gasteiger partial charge in [0.2, 0.25) is 0 Å². The lowest BCUT2D eigenvalue weighted by molar-refractivity contribution is 0.104. The normalized spacial score (nSPS) is 11.2. The van der Waals surface area contributed by atoms with E-state index in [-0.39, 0.29) is 5.78 Å². The van der Waals surface area contributed by atoms with Gasteiger partial charge in [-0.3, -0.25) is 4.79 Å². The summed E-state index contributed by atoms with van der Waals surface area (Å²) in [6, 6.07) is 6.75. The first-order chi connectivity index (χ1) is 10.1. The first-order valence-electron chi connectivity index (χ1n) is 6.82. The molecule has 1 heterocycles. The zero-order chi connectivity index (χ0) is 15.2. The Bertz CT molecular complexity index is 645. The molecule has 0 spiro atoms. The number of hydrogen-bond donors (Lipinski definition) is 1. The van der Waals surface area contributed by atoms with Crippen molar-refractivity contribution in [2.75, 3.05) is 0 Å². The highest BCUT2D eigenvalue weighted by atomic mass is 35.5. The number of imidazole rings is 1. The molecule has 0 amide bonds. The van der Waals surface area contributed by atoms with E-state index in [9.17, 15) is 4.79 Å². The number of aromatic amines is 1. The number of unbranched alkanes of at least 4 members (excludes halogenated alkanes) is 1. The minimum absolute atomic E-state index is 0.110. The Labute approximate surface area is 134 Å². The summed E-state index contributed by atoms with van der Waals surface area (Å²) in [5.74, 6) is 0.737. The van der Waals surface area contributed by atoms with Crippen LogP contribution in [-0.4, -0.2) is 15.8 Å². The molecule has 0 aliphatic rings. The van der Waals surface area contributed by atoms with E-state index >= 15 is 0 Å². The zero-order valence-corrected chi connectivity index (χ0v) is 13.2. The maximum Gasteiger partial charge on any atom is 0.185 e. The highest BCUT2D eigenvalue weighted by Crippen LogP contribution is 2.16. The second-order valence-electron chi connectivity index (χ2n) is 4.69. The van der Waals surface area contributed by atoms with Crippen LogP contribution in [0, 0.1) is 0 Å². The van der Waals surface area contributed by atoms with Crippen molar-refractivity contribution in [3.63, 3.8) is 0 Å². The number of halogens is 2. The standard InChI is InChI=1S/C16H16Cl2N2O/c1-2-3-4-15-19-13(16(18)20-15)9-10-14(21)11-5-7-12(17)8-6-11/h5-10H,2-4H2,1H3,(H,19,20)/b10-9+. The van der Waals surface area contributed by atoms with Gasteiger partial charge < -0.3 is 4.98 Å². The molecular formula is C16H16Cl2N2O. The molecule has 0 saturated carbocycles.